The van der Waals surface area contributed by atoms with E-state index in [9.17, 15) is 4.79 Å². The molecule has 1 amide bonds. The molecule has 0 N–H and O–H groups in total. The second-order valence-electron chi connectivity index (χ2n) is 4.57. The van der Waals surface area contributed by atoms with Gasteiger partial charge in [0.15, 0.2) is 0 Å². The normalized spacial score (nSPS) is 10.6. The lowest BCUT2D eigenvalue weighted by molar-refractivity contribution is 0.0993. The van der Waals surface area contributed by atoms with E-state index in [-0.39, 0.29) is 5.91 Å². The van der Waals surface area contributed by atoms with Crippen molar-refractivity contribution in [2.45, 2.75) is 0 Å². The average molecular weight is 298 g/mol. The standard InChI is InChI=1S/C16H12ClN3O/c1-20(16(21)12-4-2-3-5-13(12)17)11-6-7-14-15(10-11)19-9-8-18-14/h2-10H,1H3. The summed E-state index contributed by atoms with van der Waals surface area (Å²) in [7, 11) is 1.71. The van der Waals surface area contributed by atoms with Crippen LogP contribution < -0.4 is 4.90 Å². The van der Waals surface area contributed by atoms with Gasteiger partial charge >= 0.3 is 0 Å². The summed E-state index contributed by atoms with van der Waals surface area (Å²) in [6.07, 6.45) is 3.27. The Hall–Kier alpha value is -2.46. The summed E-state index contributed by atoms with van der Waals surface area (Å²) in [4.78, 5) is 22.5. The summed E-state index contributed by atoms with van der Waals surface area (Å²) in [6, 6.07) is 12.5. The zero-order chi connectivity index (χ0) is 14.8. The van der Waals surface area contributed by atoms with E-state index in [4.69, 9.17) is 11.6 Å². The van der Waals surface area contributed by atoms with Gasteiger partial charge in [0, 0.05) is 25.1 Å². The largest absolute Gasteiger partial charge is 0.311 e. The van der Waals surface area contributed by atoms with Crippen molar-refractivity contribution in [1.29, 1.82) is 0 Å². The molecule has 21 heavy (non-hydrogen) atoms. The Kier molecular flexibility index (Phi) is 3.54. The number of fused-ring (bicyclic) bond motifs is 1. The number of halogens is 1. The molecule has 0 aliphatic carbocycles. The van der Waals surface area contributed by atoms with Gasteiger partial charge < -0.3 is 4.90 Å². The number of carbonyl (C=O) groups excluding carboxylic acids is 1. The van der Waals surface area contributed by atoms with Gasteiger partial charge in [0.2, 0.25) is 0 Å². The summed E-state index contributed by atoms with van der Waals surface area (Å²) in [5.41, 5.74) is 2.75. The van der Waals surface area contributed by atoms with Gasteiger partial charge in [-0.1, -0.05) is 23.7 Å². The number of rotatable bonds is 2. The maximum Gasteiger partial charge on any atom is 0.259 e. The van der Waals surface area contributed by atoms with Crippen molar-refractivity contribution in [1.82, 2.24) is 9.97 Å². The third-order valence-corrected chi connectivity index (χ3v) is 3.58. The molecule has 5 heteroatoms. The first-order chi connectivity index (χ1) is 10.2. The number of anilines is 1. The van der Waals surface area contributed by atoms with E-state index in [1.54, 1.807) is 48.6 Å². The quantitative estimate of drug-likeness (QED) is 0.726. The fourth-order valence-corrected chi connectivity index (χ4v) is 2.31. The monoisotopic (exact) mass is 297 g/mol. The average Bonchev–Trinajstić information content (AvgIpc) is 2.53. The maximum atomic E-state index is 12.5. The molecule has 3 aromatic rings. The molecule has 0 spiro atoms. The first-order valence-corrected chi connectivity index (χ1v) is 6.78. The second kappa shape index (κ2) is 5.50. The molecule has 2 aromatic carbocycles. The highest BCUT2D eigenvalue weighted by atomic mass is 35.5. The number of carbonyl (C=O) groups is 1. The lowest BCUT2D eigenvalue weighted by Crippen LogP contribution is -2.26. The zero-order valence-corrected chi connectivity index (χ0v) is 12.1. The summed E-state index contributed by atoms with van der Waals surface area (Å²) >= 11 is 6.08. The summed E-state index contributed by atoms with van der Waals surface area (Å²) in [5.74, 6) is -0.163. The summed E-state index contributed by atoms with van der Waals surface area (Å²) < 4.78 is 0. The number of hydrogen-bond donors (Lipinski definition) is 0. The van der Waals surface area contributed by atoms with E-state index < -0.39 is 0 Å². The lowest BCUT2D eigenvalue weighted by Gasteiger charge is -2.18. The molecule has 0 saturated carbocycles. The van der Waals surface area contributed by atoms with Crippen LogP contribution in [0, 0.1) is 0 Å². The topological polar surface area (TPSA) is 46.1 Å². The van der Waals surface area contributed by atoms with E-state index in [0.717, 1.165) is 16.7 Å². The zero-order valence-electron chi connectivity index (χ0n) is 11.3. The molecule has 4 nitrogen and oxygen atoms in total. The third kappa shape index (κ3) is 2.58. The van der Waals surface area contributed by atoms with Gasteiger partial charge in [0.05, 0.1) is 21.6 Å². The van der Waals surface area contributed by atoms with Crippen LogP contribution in [0.4, 0.5) is 5.69 Å². The van der Waals surface area contributed by atoms with Crippen molar-refractivity contribution in [3.8, 4) is 0 Å². The lowest BCUT2D eigenvalue weighted by atomic mass is 10.2. The Labute approximate surface area is 127 Å². The first-order valence-electron chi connectivity index (χ1n) is 6.40. The second-order valence-corrected chi connectivity index (χ2v) is 4.98. The minimum atomic E-state index is -0.163. The first kappa shape index (κ1) is 13.5. The Morgan fingerprint density at radius 2 is 1.76 bits per heavy atom. The smallest absolute Gasteiger partial charge is 0.259 e. The van der Waals surface area contributed by atoms with E-state index >= 15 is 0 Å². The van der Waals surface area contributed by atoms with Gasteiger partial charge in [-0.15, -0.1) is 0 Å². The maximum absolute atomic E-state index is 12.5. The molecule has 1 aromatic heterocycles. The number of benzene rings is 2. The van der Waals surface area contributed by atoms with Crippen LogP contribution in [-0.4, -0.2) is 22.9 Å². The van der Waals surface area contributed by atoms with Crippen LogP contribution in [0.3, 0.4) is 0 Å². The predicted molar refractivity (Wildman–Crippen MR) is 83.7 cm³/mol. The fourth-order valence-electron chi connectivity index (χ4n) is 2.09. The van der Waals surface area contributed by atoms with Crippen LogP contribution in [0.1, 0.15) is 10.4 Å². The van der Waals surface area contributed by atoms with Crippen LogP contribution in [0.5, 0.6) is 0 Å². The third-order valence-electron chi connectivity index (χ3n) is 3.25. The minimum absolute atomic E-state index is 0.163. The Bertz CT molecular complexity index is 819. The predicted octanol–water partition coefficient (Wildman–Crippen LogP) is 3.56. The van der Waals surface area contributed by atoms with Crippen molar-refractivity contribution in [3.05, 3.63) is 65.4 Å². The van der Waals surface area contributed by atoms with Gasteiger partial charge in [-0.25, -0.2) is 0 Å². The highest BCUT2D eigenvalue weighted by Gasteiger charge is 2.16. The van der Waals surface area contributed by atoms with Crippen LogP contribution in [0.2, 0.25) is 5.02 Å². The van der Waals surface area contributed by atoms with Gasteiger partial charge in [-0.05, 0) is 30.3 Å². The SMILES string of the molecule is CN(C(=O)c1ccccc1Cl)c1ccc2nccnc2c1. The molecule has 0 atom stereocenters. The Morgan fingerprint density at radius 3 is 2.52 bits per heavy atom. The molecular weight excluding hydrogens is 286 g/mol. The van der Waals surface area contributed by atoms with Crippen LogP contribution in [0.25, 0.3) is 11.0 Å². The summed E-state index contributed by atoms with van der Waals surface area (Å²) in [6.45, 7) is 0. The molecule has 0 unspecified atom stereocenters. The number of aromatic nitrogens is 2. The minimum Gasteiger partial charge on any atom is -0.311 e. The van der Waals surface area contributed by atoms with Gasteiger partial charge in [0.25, 0.3) is 5.91 Å². The molecule has 0 fully saturated rings. The molecule has 1 heterocycles. The molecule has 0 saturated heterocycles. The highest BCUT2D eigenvalue weighted by molar-refractivity contribution is 6.34. The number of nitrogens with zero attached hydrogens (tertiary/aromatic N) is 3. The Balaban J connectivity index is 1.98. The number of amides is 1. The molecule has 0 bridgehead atoms. The van der Waals surface area contributed by atoms with Crippen molar-refractivity contribution in [2.24, 2.45) is 0 Å². The van der Waals surface area contributed by atoms with Crippen molar-refractivity contribution in [3.63, 3.8) is 0 Å². The van der Waals surface area contributed by atoms with Gasteiger partial charge in [-0.2, -0.15) is 0 Å². The van der Waals surface area contributed by atoms with Gasteiger partial charge in [-0.3, -0.25) is 14.8 Å². The van der Waals surface area contributed by atoms with Crippen molar-refractivity contribution >= 4 is 34.2 Å². The molecule has 0 aliphatic rings. The number of hydrogen-bond acceptors (Lipinski definition) is 3. The molecule has 104 valence electrons. The fraction of sp³-hybridized carbons (Fsp3) is 0.0625. The summed E-state index contributed by atoms with van der Waals surface area (Å²) in [5, 5.41) is 0.440. The molecule has 0 radical (unpaired) electrons. The molecular formula is C16H12ClN3O. The van der Waals surface area contributed by atoms with E-state index in [1.807, 2.05) is 18.2 Å². The van der Waals surface area contributed by atoms with Crippen LogP contribution in [-0.2, 0) is 0 Å². The van der Waals surface area contributed by atoms with Crippen molar-refractivity contribution < 1.29 is 4.79 Å². The van der Waals surface area contributed by atoms with Crippen LogP contribution >= 0.6 is 11.6 Å². The van der Waals surface area contributed by atoms with E-state index in [0.29, 0.717) is 10.6 Å². The van der Waals surface area contributed by atoms with E-state index in [2.05, 4.69) is 9.97 Å². The van der Waals surface area contributed by atoms with Gasteiger partial charge in [0.1, 0.15) is 0 Å². The molecule has 0 aliphatic heterocycles. The van der Waals surface area contributed by atoms with Crippen molar-refractivity contribution in [2.75, 3.05) is 11.9 Å². The van der Waals surface area contributed by atoms with Crippen LogP contribution in [0.15, 0.2) is 54.9 Å². The Morgan fingerprint density at radius 1 is 1.05 bits per heavy atom. The highest BCUT2D eigenvalue weighted by Crippen LogP contribution is 2.22. The molecule has 3 rings (SSSR count). The van der Waals surface area contributed by atoms with E-state index in [1.165, 1.54) is 0 Å².